The number of aromatic carboxylic acids is 1. The maximum atomic E-state index is 11.5. The van der Waals surface area contributed by atoms with Gasteiger partial charge in [0.1, 0.15) is 0 Å². The smallest absolute Gasteiger partial charge is 0.335 e. The Kier molecular flexibility index (Phi) is 4.42. The maximum absolute atomic E-state index is 11.5. The van der Waals surface area contributed by atoms with Crippen molar-refractivity contribution in [1.29, 1.82) is 0 Å². The van der Waals surface area contributed by atoms with Crippen LogP contribution in [-0.2, 0) is 11.2 Å². The van der Waals surface area contributed by atoms with Crippen molar-refractivity contribution in [3.05, 3.63) is 35.4 Å². The van der Waals surface area contributed by atoms with Crippen LogP contribution in [-0.4, -0.2) is 22.5 Å². The molecule has 1 fully saturated rings. The van der Waals surface area contributed by atoms with Gasteiger partial charge in [-0.1, -0.05) is 31.4 Å². The van der Waals surface area contributed by atoms with Gasteiger partial charge in [-0.05, 0) is 37.0 Å². The molecule has 1 aromatic rings. The van der Waals surface area contributed by atoms with Crippen molar-refractivity contribution in [2.75, 3.05) is 0 Å². The largest absolute Gasteiger partial charge is 0.478 e. The van der Waals surface area contributed by atoms with Crippen molar-refractivity contribution >= 4 is 11.9 Å². The van der Waals surface area contributed by atoms with E-state index in [0.29, 0.717) is 5.56 Å². The van der Waals surface area contributed by atoms with Crippen molar-refractivity contribution in [2.45, 2.75) is 51.0 Å². The highest BCUT2D eigenvalue weighted by atomic mass is 16.4. The first kappa shape index (κ1) is 14.6. The fourth-order valence-electron chi connectivity index (χ4n) is 3.10. The molecule has 108 valence electrons. The molecule has 0 spiro atoms. The topological polar surface area (TPSA) is 66.4 Å². The van der Waals surface area contributed by atoms with Gasteiger partial charge in [0.05, 0.1) is 5.56 Å². The third-order valence-electron chi connectivity index (χ3n) is 4.00. The molecule has 20 heavy (non-hydrogen) atoms. The summed E-state index contributed by atoms with van der Waals surface area (Å²) in [5, 5.41) is 12.0. The van der Waals surface area contributed by atoms with Gasteiger partial charge in [-0.3, -0.25) is 4.79 Å². The van der Waals surface area contributed by atoms with E-state index in [9.17, 15) is 9.59 Å². The molecule has 4 heteroatoms. The number of hydrogen-bond acceptors (Lipinski definition) is 2. The molecule has 4 nitrogen and oxygen atoms in total. The molecule has 0 radical (unpaired) electrons. The average Bonchev–Trinajstić information content (AvgIpc) is 2.39. The first-order valence-corrected chi connectivity index (χ1v) is 7.12. The van der Waals surface area contributed by atoms with Crippen molar-refractivity contribution in [2.24, 2.45) is 0 Å². The van der Waals surface area contributed by atoms with Gasteiger partial charge in [0.2, 0.25) is 5.91 Å². The number of carboxylic acids is 1. The van der Waals surface area contributed by atoms with Crippen LogP contribution in [0, 0.1) is 0 Å². The lowest BCUT2D eigenvalue weighted by atomic mass is 9.77. The molecular formula is C16H21NO3. The number of rotatable bonds is 4. The summed E-state index contributed by atoms with van der Waals surface area (Å²) in [6, 6.07) is 6.95. The van der Waals surface area contributed by atoms with Crippen molar-refractivity contribution in [3.8, 4) is 0 Å². The van der Waals surface area contributed by atoms with Crippen LogP contribution >= 0.6 is 0 Å². The molecule has 0 aromatic heterocycles. The Morgan fingerprint density at radius 3 is 2.25 bits per heavy atom. The lowest BCUT2D eigenvalue weighted by Crippen LogP contribution is -2.50. The average molecular weight is 275 g/mol. The summed E-state index contributed by atoms with van der Waals surface area (Å²) in [4.78, 5) is 22.3. The molecule has 1 aromatic carbocycles. The number of carbonyl (C=O) groups is 2. The zero-order chi connectivity index (χ0) is 14.6. The highest BCUT2D eigenvalue weighted by molar-refractivity contribution is 5.87. The van der Waals surface area contributed by atoms with E-state index in [1.165, 1.54) is 6.42 Å². The number of amides is 1. The van der Waals surface area contributed by atoms with E-state index in [4.69, 9.17) is 5.11 Å². The summed E-state index contributed by atoms with van der Waals surface area (Å²) in [6.07, 6.45) is 6.24. The molecule has 0 aliphatic heterocycles. The second kappa shape index (κ2) is 6.07. The molecule has 2 N–H and O–H groups in total. The van der Waals surface area contributed by atoms with Gasteiger partial charge >= 0.3 is 5.97 Å². The molecule has 1 aliphatic carbocycles. The quantitative estimate of drug-likeness (QED) is 0.888. The SMILES string of the molecule is CC(=O)NC1(Cc2ccc(C(=O)O)cc2)CCCCC1. The molecular weight excluding hydrogens is 254 g/mol. The van der Waals surface area contributed by atoms with E-state index in [0.717, 1.165) is 37.7 Å². The van der Waals surface area contributed by atoms with E-state index in [1.54, 1.807) is 19.1 Å². The van der Waals surface area contributed by atoms with Crippen LogP contribution in [0.25, 0.3) is 0 Å². The second-order valence-electron chi connectivity index (χ2n) is 5.70. The van der Waals surface area contributed by atoms with Crippen LogP contribution in [0.3, 0.4) is 0 Å². The maximum Gasteiger partial charge on any atom is 0.335 e. The van der Waals surface area contributed by atoms with Crippen molar-refractivity contribution < 1.29 is 14.7 Å². The van der Waals surface area contributed by atoms with Crippen LogP contribution < -0.4 is 5.32 Å². The summed E-state index contributed by atoms with van der Waals surface area (Å²) in [6.45, 7) is 1.56. The van der Waals surface area contributed by atoms with Gasteiger partial charge < -0.3 is 10.4 Å². The number of nitrogens with one attached hydrogen (secondary N) is 1. The minimum absolute atomic E-state index is 0.00839. The fourth-order valence-corrected chi connectivity index (χ4v) is 3.10. The van der Waals surface area contributed by atoms with Crippen LogP contribution in [0.4, 0.5) is 0 Å². The lowest BCUT2D eigenvalue weighted by Gasteiger charge is -2.38. The van der Waals surface area contributed by atoms with E-state index >= 15 is 0 Å². The Balaban J connectivity index is 2.14. The van der Waals surface area contributed by atoms with E-state index in [1.807, 2.05) is 12.1 Å². The van der Waals surface area contributed by atoms with Crippen LogP contribution in [0.1, 0.15) is 54.9 Å². The lowest BCUT2D eigenvalue weighted by molar-refractivity contribution is -0.121. The zero-order valence-corrected chi connectivity index (χ0v) is 11.8. The molecule has 0 bridgehead atoms. The molecule has 1 saturated carbocycles. The Morgan fingerprint density at radius 2 is 1.75 bits per heavy atom. The number of carboxylic acid groups (broad SMARTS) is 1. The molecule has 2 rings (SSSR count). The van der Waals surface area contributed by atoms with Gasteiger partial charge in [0.25, 0.3) is 0 Å². The Hall–Kier alpha value is -1.84. The highest BCUT2D eigenvalue weighted by Crippen LogP contribution is 2.31. The normalized spacial score (nSPS) is 17.4. The van der Waals surface area contributed by atoms with Crippen molar-refractivity contribution in [1.82, 2.24) is 5.32 Å². The molecule has 1 aliphatic rings. The van der Waals surface area contributed by atoms with E-state index in [-0.39, 0.29) is 11.4 Å². The van der Waals surface area contributed by atoms with Gasteiger partial charge in [-0.25, -0.2) is 4.79 Å². The first-order valence-electron chi connectivity index (χ1n) is 7.12. The summed E-state index contributed by atoms with van der Waals surface area (Å²) < 4.78 is 0. The van der Waals surface area contributed by atoms with Crippen LogP contribution in [0.15, 0.2) is 24.3 Å². The predicted molar refractivity (Wildman–Crippen MR) is 76.7 cm³/mol. The van der Waals surface area contributed by atoms with Gasteiger partial charge in [0, 0.05) is 12.5 Å². The summed E-state index contributed by atoms with van der Waals surface area (Å²) in [5.41, 5.74) is 1.21. The standard InChI is InChI=1S/C16H21NO3/c1-12(18)17-16(9-3-2-4-10-16)11-13-5-7-14(8-6-13)15(19)20/h5-8H,2-4,9-11H2,1H3,(H,17,18)(H,19,20). The summed E-state index contributed by atoms with van der Waals surface area (Å²) in [5.74, 6) is -0.903. The highest BCUT2D eigenvalue weighted by Gasteiger charge is 2.32. The van der Waals surface area contributed by atoms with Gasteiger partial charge in [-0.15, -0.1) is 0 Å². The molecule has 0 heterocycles. The second-order valence-corrected chi connectivity index (χ2v) is 5.70. The van der Waals surface area contributed by atoms with Crippen LogP contribution in [0.2, 0.25) is 0 Å². The third-order valence-corrected chi connectivity index (χ3v) is 4.00. The Morgan fingerprint density at radius 1 is 1.15 bits per heavy atom. The molecule has 0 unspecified atom stereocenters. The van der Waals surface area contributed by atoms with Gasteiger partial charge in [-0.2, -0.15) is 0 Å². The summed E-state index contributed by atoms with van der Waals surface area (Å²) in [7, 11) is 0. The van der Waals surface area contributed by atoms with E-state index < -0.39 is 5.97 Å². The molecule has 0 atom stereocenters. The monoisotopic (exact) mass is 275 g/mol. The summed E-state index contributed by atoms with van der Waals surface area (Å²) >= 11 is 0. The fraction of sp³-hybridized carbons (Fsp3) is 0.500. The predicted octanol–water partition coefficient (Wildman–Crippen LogP) is 2.77. The van der Waals surface area contributed by atoms with Crippen molar-refractivity contribution in [3.63, 3.8) is 0 Å². The Bertz CT molecular complexity index is 487. The number of hydrogen-bond donors (Lipinski definition) is 2. The number of benzene rings is 1. The minimum Gasteiger partial charge on any atom is -0.478 e. The van der Waals surface area contributed by atoms with Gasteiger partial charge in [0.15, 0.2) is 0 Å². The first-order chi connectivity index (χ1) is 9.51. The zero-order valence-electron chi connectivity index (χ0n) is 11.8. The third kappa shape index (κ3) is 3.59. The number of carbonyl (C=O) groups excluding carboxylic acids is 1. The van der Waals surface area contributed by atoms with E-state index in [2.05, 4.69) is 5.32 Å². The molecule has 1 amide bonds. The molecule has 0 saturated heterocycles. The minimum atomic E-state index is -0.911. The van der Waals surface area contributed by atoms with Crippen LogP contribution in [0.5, 0.6) is 0 Å². The Labute approximate surface area is 119 Å².